The van der Waals surface area contributed by atoms with Crippen molar-refractivity contribution in [2.24, 2.45) is 0 Å². The molecule has 0 aliphatic rings. The first-order chi connectivity index (χ1) is 12.8. The van der Waals surface area contributed by atoms with Crippen LogP contribution in [0.4, 0.5) is 5.69 Å². The first-order valence-electron chi connectivity index (χ1n) is 8.47. The number of sulfonamides is 1. The predicted molar refractivity (Wildman–Crippen MR) is 107 cm³/mol. The summed E-state index contributed by atoms with van der Waals surface area (Å²) in [5.41, 5.74) is 3.75. The second kappa shape index (κ2) is 9.45. The van der Waals surface area contributed by atoms with Gasteiger partial charge < -0.3 is 10.1 Å². The molecule has 0 fully saturated rings. The molecule has 2 N–H and O–H groups in total. The van der Waals surface area contributed by atoms with Crippen LogP contribution in [0.3, 0.4) is 0 Å². The first kappa shape index (κ1) is 20.8. The van der Waals surface area contributed by atoms with Crippen molar-refractivity contribution in [2.75, 3.05) is 25.6 Å². The molecule has 0 radical (unpaired) electrons. The van der Waals surface area contributed by atoms with E-state index < -0.39 is 10.0 Å². The number of hydrogen-bond donors (Lipinski definition) is 2. The Labute approximate surface area is 160 Å². The van der Waals surface area contributed by atoms with E-state index >= 15 is 0 Å². The predicted octanol–water partition coefficient (Wildman–Crippen LogP) is 2.88. The lowest BCUT2D eigenvalue weighted by Gasteiger charge is -2.07. The van der Waals surface area contributed by atoms with Crippen LogP contribution in [-0.2, 0) is 19.6 Å². The van der Waals surface area contributed by atoms with Gasteiger partial charge in [0.05, 0.1) is 11.5 Å². The fourth-order valence-electron chi connectivity index (χ4n) is 2.44. The number of nitrogens with one attached hydrogen (secondary N) is 2. The fourth-order valence-corrected chi connectivity index (χ4v) is 3.45. The highest BCUT2D eigenvalue weighted by atomic mass is 32.2. The molecule has 0 atom stereocenters. The van der Waals surface area contributed by atoms with Crippen LogP contribution in [0.2, 0.25) is 0 Å². The number of anilines is 1. The van der Waals surface area contributed by atoms with E-state index in [-0.39, 0.29) is 17.3 Å². The maximum atomic E-state index is 12.1. The van der Waals surface area contributed by atoms with Gasteiger partial charge in [-0.05, 0) is 55.3 Å². The molecule has 27 heavy (non-hydrogen) atoms. The van der Waals surface area contributed by atoms with E-state index in [0.29, 0.717) is 12.3 Å². The van der Waals surface area contributed by atoms with Gasteiger partial charge in [-0.25, -0.2) is 13.1 Å². The molecular formula is C20H24N2O4S. The second-order valence-corrected chi connectivity index (χ2v) is 7.86. The highest BCUT2D eigenvalue weighted by molar-refractivity contribution is 7.89. The molecule has 0 aliphatic heterocycles. The van der Waals surface area contributed by atoms with Crippen LogP contribution in [0.5, 0.6) is 0 Å². The van der Waals surface area contributed by atoms with E-state index in [2.05, 4.69) is 16.1 Å². The van der Waals surface area contributed by atoms with Gasteiger partial charge >= 0.3 is 0 Å². The van der Waals surface area contributed by atoms with Gasteiger partial charge in [-0.1, -0.05) is 23.8 Å². The van der Waals surface area contributed by atoms with Gasteiger partial charge in [0, 0.05) is 25.4 Å². The van der Waals surface area contributed by atoms with Crippen LogP contribution in [-0.4, -0.2) is 34.6 Å². The minimum atomic E-state index is -3.59. The zero-order valence-electron chi connectivity index (χ0n) is 15.7. The molecule has 7 heteroatoms. The molecule has 0 heterocycles. The van der Waals surface area contributed by atoms with E-state index in [9.17, 15) is 13.2 Å². The molecule has 0 spiro atoms. The van der Waals surface area contributed by atoms with Crippen LogP contribution >= 0.6 is 0 Å². The van der Waals surface area contributed by atoms with Crippen LogP contribution in [0.15, 0.2) is 53.4 Å². The van der Waals surface area contributed by atoms with E-state index in [0.717, 1.165) is 11.1 Å². The SMILES string of the molecule is COCCNS(=O)(=O)c1ccc(NC(=O)/C=C/c2ccc(C)cc2C)cc1. The summed E-state index contributed by atoms with van der Waals surface area (Å²) >= 11 is 0. The Balaban J connectivity index is 1.99. The Hall–Kier alpha value is -2.48. The molecule has 0 unspecified atom stereocenters. The lowest BCUT2D eigenvalue weighted by molar-refractivity contribution is -0.111. The molecule has 0 aromatic heterocycles. The van der Waals surface area contributed by atoms with Crippen molar-refractivity contribution in [3.8, 4) is 0 Å². The molecule has 2 aromatic carbocycles. The molecular weight excluding hydrogens is 364 g/mol. The van der Waals surface area contributed by atoms with Crippen LogP contribution in [0.1, 0.15) is 16.7 Å². The van der Waals surface area contributed by atoms with Crippen molar-refractivity contribution in [1.29, 1.82) is 0 Å². The Bertz CT molecular complexity index is 919. The third-order valence-electron chi connectivity index (χ3n) is 3.87. The van der Waals surface area contributed by atoms with Crippen molar-refractivity contribution in [3.05, 3.63) is 65.2 Å². The van der Waals surface area contributed by atoms with Crippen molar-refractivity contribution < 1.29 is 17.9 Å². The molecule has 0 saturated carbocycles. The van der Waals surface area contributed by atoms with Gasteiger partial charge in [-0.2, -0.15) is 0 Å². The van der Waals surface area contributed by atoms with Gasteiger partial charge in [0.15, 0.2) is 0 Å². The molecule has 2 rings (SSSR count). The van der Waals surface area contributed by atoms with Gasteiger partial charge in [-0.3, -0.25) is 4.79 Å². The number of methoxy groups -OCH3 is 1. The second-order valence-electron chi connectivity index (χ2n) is 6.10. The Kier molecular flexibility index (Phi) is 7.29. The number of benzene rings is 2. The lowest BCUT2D eigenvalue weighted by Crippen LogP contribution is -2.27. The van der Waals surface area contributed by atoms with E-state index in [1.807, 2.05) is 26.0 Å². The highest BCUT2D eigenvalue weighted by Crippen LogP contribution is 2.15. The molecule has 6 nitrogen and oxygen atoms in total. The van der Waals surface area contributed by atoms with Gasteiger partial charge in [0.2, 0.25) is 15.9 Å². The lowest BCUT2D eigenvalue weighted by atomic mass is 10.1. The molecule has 0 aliphatic carbocycles. The Morgan fingerprint density at radius 1 is 1.11 bits per heavy atom. The maximum absolute atomic E-state index is 12.1. The van der Waals surface area contributed by atoms with Crippen molar-refractivity contribution >= 4 is 27.7 Å². The largest absolute Gasteiger partial charge is 0.383 e. The van der Waals surface area contributed by atoms with Crippen LogP contribution in [0, 0.1) is 13.8 Å². The average Bonchev–Trinajstić information content (AvgIpc) is 2.61. The monoisotopic (exact) mass is 388 g/mol. The maximum Gasteiger partial charge on any atom is 0.248 e. The average molecular weight is 388 g/mol. The number of rotatable bonds is 8. The Morgan fingerprint density at radius 2 is 1.81 bits per heavy atom. The standard InChI is InChI=1S/C20H24N2O4S/c1-15-4-5-17(16(2)14-15)6-11-20(23)22-18-7-9-19(10-8-18)27(24,25)21-12-13-26-3/h4-11,14,21H,12-13H2,1-3H3,(H,22,23)/b11-6+. The molecule has 144 valence electrons. The van der Waals surface area contributed by atoms with Gasteiger partial charge in [0.1, 0.15) is 0 Å². The number of hydrogen-bond acceptors (Lipinski definition) is 4. The topological polar surface area (TPSA) is 84.5 Å². The number of amides is 1. The number of ether oxygens (including phenoxy) is 1. The quantitative estimate of drug-likeness (QED) is 0.538. The van der Waals surface area contributed by atoms with Crippen LogP contribution < -0.4 is 10.0 Å². The smallest absolute Gasteiger partial charge is 0.248 e. The van der Waals surface area contributed by atoms with Crippen molar-refractivity contribution in [1.82, 2.24) is 4.72 Å². The summed E-state index contributed by atoms with van der Waals surface area (Å²) in [5.74, 6) is -0.288. The van der Waals surface area contributed by atoms with Crippen LogP contribution in [0.25, 0.3) is 6.08 Å². The minimum Gasteiger partial charge on any atom is -0.383 e. The van der Waals surface area contributed by atoms with Gasteiger partial charge in [-0.15, -0.1) is 0 Å². The summed E-state index contributed by atoms with van der Waals surface area (Å²) in [4.78, 5) is 12.2. The molecule has 2 aromatic rings. The molecule has 0 bridgehead atoms. The fraction of sp³-hybridized carbons (Fsp3) is 0.250. The highest BCUT2D eigenvalue weighted by Gasteiger charge is 2.13. The zero-order valence-corrected chi connectivity index (χ0v) is 16.5. The minimum absolute atomic E-state index is 0.127. The number of carbonyl (C=O) groups is 1. The van der Waals surface area contributed by atoms with Gasteiger partial charge in [0.25, 0.3) is 0 Å². The third-order valence-corrected chi connectivity index (χ3v) is 5.35. The third kappa shape index (κ3) is 6.32. The first-order valence-corrected chi connectivity index (χ1v) is 9.95. The van der Waals surface area contributed by atoms with Crippen molar-refractivity contribution in [2.45, 2.75) is 18.7 Å². The van der Waals surface area contributed by atoms with Crippen molar-refractivity contribution in [3.63, 3.8) is 0 Å². The molecule has 0 saturated heterocycles. The van der Waals surface area contributed by atoms with E-state index in [4.69, 9.17) is 4.74 Å². The zero-order chi connectivity index (χ0) is 19.9. The summed E-state index contributed by atoms with van der Waals surface area (Å²) in [6.07, 6.45) is 3.21. The molecule has 1 amide bonds. The summed E-state index contributed by atoms with van der Waals surface area (Å²) in [6, 6.07) is 12.0. The summed E-state index contributed by atoms with van der Waals surface area (Å²) < 4.78 is 31.4. The van der Waals surface area contributed by atoms with E-state index in [1.54, 1.807) is 18.2 Å². The summed E-state index contributed by atoms with van der Waals surface area (Å²) in [5, 5.41) is 2.71. The summed E-state index contributed by atoms with van der Waals surface area (Å²) in [6.45, 7) is 4.50. The summed E-state index contributed by atoms with van der Waals surface area (Å²) in [7, 11) is -2.09. The number of carbonyl (C=O) groups excluding carboxylic acids is 1. The normalized spacial score (nSPS) is 11.7. The van der Waals surface area contributed by atoms with E-state index in [1.165, 1.54) is 30.9 Å². The number of aryl methyl sites for hydroxylation is 2. The Morgan fingerprint density at radius 3 is 2.44 bits per heavy atom.